The van der Waals surface area contributed by atoms with Crippen molar-refractivity contribution in [2.45, 2.75) is 19.3 Å². The lowest BCUT2D eigenvalue weighted by atomic mass is 9.91. The fourth-order valence-electron chi connectivity index (χ4n) is 2.03. The molecule has 0 aromatic heterocycles. The number of hydrogen-bond donors (Lipinski definition) is 1. The second-order valence-electron chi connectivity index (χ2n) is 4.73. The van der Waals surface area contributed by atoms with Crippen LogP contribution in [0.25, 0.3) is 0 Å². The Morgan fingerprint density at radius 1 is 1.15 bits per heavy atom. The molecule has 0 fully saturated rings. The first kappa shape index (κ1) is 14.2. The molecule has 20 heavy (non-hydrogen) atoms. The van der Waals surface area contributed by atoms with E-state index in [4.69, 9.17) is 0 Å². The largest absolute Gasteiger partial charge is 0.481 e. The van der Waals surface area contributed by atoms with Gasteiger partial charge in [-0.25, -0.2) is 8.78 Å². The molecule has 0 aliphatic carbocycles. The lowest BCUT2D eigenvalue weighted by molar-refractivity contribution is -0.138. The number of aliphatic carboxylic acids is 1. The number of benzene rings is 2. The lowest BCUT2D eigenvalue weighted by Crippen LogP contribution is -2.15. The van der Waals surface area contributed by atoms with Gasteiger partial charge in [-0.05, 0) is 48.2 Å². The number of carboxylic acids is 1. The molecule has 1 N–H and O–H groups in total. The molecular weight excluding hydrogens is 262 g/mol. The van der Waals surface area contributed by atoms with E-state index in [2.05, 4.69) is 0 Å². The highest BCUT2D eigenvalue weighted by Gasteiger charge is 2.21. The van der Waals surface area contributed by atoms with Crippen LogP contribution >= 0.6 is 0 Å². The number of rotatable bonds is 4. The van der Waals surface area contributed by atoms with Crippen LogP contribution in [-0.2, 0) is 11.2 Å². The zero-order valence-electron chi connectivity index (χ0n) is 10.9. The van der Waals surface area contributed by atoms with E-state index in [1.54, 1.807) is 19.1 Å². The van der Waals surface area contributed by atoms with Crippen molar-refractivity contribution < 1.29 is 18.7 Å². The number of aryl methyl sites for hydroxylation is 1. The first-order valence-corrected chi connectivity index (χ1v) is 6.20. The van der Waals surface area contributed by atoms with Gasteiger partial charge in [-0.1, -0.05) is 24.3 Å². The Kier molecular flexibility index (Phi) is 4.13. The van der Waals surface area contributed by atoms with Gasteiger partial charge in [0.15, 0.2) is 0 Å². The number of carbonyl (C=O) groups is 1. The summed E-state index contributed by atoms with van der Waals surface area (Å²) < 4.78 is 26.4. The molecule has 2 aromatic rings. The van der Waals surface area contributed by atoms with Gasteiger partial charge in [0.25, 0.3) is 0 Å². The summed E-state index contributed by atoms with van der Waals surface area (Å²) in [6.07, 6.45) is 0.193. The molecule has 0 spiro atoms. The van der Waals surface area contributed by atoms with Crippen molar-refractivity contribution in [1.82, 2.24) is 0 Å². The molecule has 0 saturated heterocycles. The van der Waals surface area contributed by atoms with Gasteiger partial charge in [0.2, 0.25) is 0 Å². The summed E-state index contributed by atoms with van der Waals surface area (Å²) in [6, 6.07) is 10.1. The fraction of sp³-hybridized carbons (Fsp3) is 0.188. The lowest BCUT2D eigenvalue weighted by Gasteiger charge is -2.13. The summed E-state index contributed by atoms with van der Waals surface area (Å²) >= 11 is 0. The molecule has 2 aromatic carbocycles. The van der Waals surface area contributed by atoms with Gasteiger partial charge < -0.3 is 5.11 Å². The third-order valence-electron chi connectivity index (χ3n) is 3.25. The normalized spacial score (nSPS) is 12.2. The quantitative estimate of drug-likeness (QED) is 0.924. The van der Waals surface area contributed by atoms with Gasteiger partial charge in [-0.15, -0.1) is 0 Å². The van der Waals surface area contributed by atoms with Crippen LogP contribution in [0.5, 0.6) is 0 Å². The summed E-state index contributed by atoms with van der Waals surface area (Å²) in [5, 5.41) is 9.31. The van der Waals surface area contributed by atoms with E-state index in [0.29, 0.717) is 16.7 Å². The van der Waals surface area contributed by atoms with Gasteiger partial charge in [-0.2, -0.15) is 0 Å². The van der Waals surface area contributed by atoms with Crippen LogP contribution in [0.2, 0.25) is 0 Å². The molecule has 1 atom stereocenters. The summed E-state index contributed by atoms with van der Waals surface area (Å²) in [5.41, 5.74) is 1.57. The standard InChI is InChI=1S/C16H14F2O2/c1-10-2-5-12(9-15(10)18)14(16(19)20)8-11-3-6-13(17)7-4-11/h2-7,9,14H,8H2,1H3,(H,19,20). The van der Waals surface area contributed by atoms with Crippen LogP contribution in [0.1, 0.15) is 22.6 Å². The maximum absolute atomic E-state index is 13.6. The van der Waals surface area contributed by atoms with E-state index < -0.39 is 17.7 Å². The minimum atomic E-state index is -1.03. The van der Waals surface area contributed by atoms with Crippen LogP contribution in [0.4, 0.5) is 8.78 Å². The third-order valence-corrected chi connectivity index (χ3v) is 3.25. The minimum Gasteiger partial charge on any atom is -0.481 e. The predicted octanol–water partition coefficient (Wildman–Crippen LogP) is 3.68. The second kappa shape index (κ2) is 5.82. The maximum atomic E-state index is 13.6. The highest BCUT2D eigenvalue weighted by molar-refractivity contribution is 5.76. The molecule has 104 valence electrons. The summed E-state index contributed by atoms with van der Waals surface area (Å²) in [4.78, 5) is 11.4. The monoisotopic (exact) mass is 276 g/mol. The highest BCUT2D eigenvalue weighted by atomic mass is 19.1. The number of carboxylic acid groups (broad SMARTS) is 1. The third kappa shape index (κ3) is 3.20. The topological polar surface area (TPSA) is 37.3 Å². The van der Waals surface area contributed by atoms with Crippen molar-refractivity contribution in [3.8, 4) is 0 Å². The van der Waals surface area contributed by atoms with Crippen molar-refractivity contribution in [3.63, 3.8) is 0 Å². The summed E-state index contributed by atoms with van der Waals surface area (Å²) in [5.74, 6) is -2.68. The van der Waals surface area contributed by atoms with Gasteiger partial charge in [0, 0.05) is 0 Å². The Balaban J connectivity index is 2.29. The fourth-order valence-corrected chi connectivity index (χ4v) is 2.03. The zero-order chi connectivity index (χ0) is 14.7. The smallest absolute Gasteiger partial charge is 0.311 e. The first-order valence-electron chi connectivity index (χ1n) is 6.20. The van der Waals surface area contributed by atoms with Crippen LogP contribution in [0, 0.1) is 18.6 Å². The molecule has 0 radical (unpaired) electrons. The molecule has 0 saturated carbocycles. The Morgan fingerprint density at radius 2 is 1.80 bits per heavy atom. The van der Waals surface area contributed by atoms with Gasteiger partial charge >= 0.3 is 5.97 Å². The zero-order valence-corrected chi connectivity index (χ0v) is 10.9. The Bertz CT molecular complexity index is 621. The Labute approximate surface area is 115 Å². The van der Waals surface area contributed by atoms with E-state index in [-0.39, 0.29) is 12.2 Å². The molecule has 0 amide bonds. The molecule has 0 aliphatic heterocycles. The van der Waals surface area contributed by atoms with Gasteiger partial charge in [0.05, 0.1) is 5.92 Å². The van der Waals surface area contributed by atoms with E-state index in [9.17, 15) is 18.7 Å². The number of hydrogen-bond acceptors (Lipinski definition) is 1. The molecule has 2 rings (SSSR count). The molecule has 2 nitrogen and oxygen atoms in total. The maximum Gasteiger partial charge on any atom is 0.311 e. The molecule has 1 unspecified atom stereocenters. The van der Waals surface area contributed by atoms with Crippen molar-refractivity contribution in [2.75, 3.05) is 0 Å². The summed E-state index contributed by atoms with van der Waals surface area (Å²) in [6.45, 7) is 1.62. The molecule has 4 heteroatoms. The van der Waals surface area contributed by atoms with Crippen molar-refractivity contribution >= 4 is 5.97 Å². The predicted molar refractivity (Wildman–Crippen MR) is 71.6 cm³/mol. The van der Waals surface area contributed by atoms with E-state index in [1.807, 2.05) is 0 Å². The van der Waals surface area contributed by atoms with Crippen LogP contribution < -0.4 is 0 Å². The van der Waals surface area contributed by atoms with E-state index in [0.717, 1.165) is 0 Å². The average molecular weight is 276 g/mol. The molecule has 0 bridgehead atoms. The van der Waals surface area contributed by atoms with Crippen molar-refractivity contribution in [3.05, 3.63) is 70.8 Å². The minimum absolute atomic E-state index is 0.193. The van der Waals surface area contributed by atoms with Crippen molar-refractivity contribution in [1.29, 1.82) is 0 Å². The SMILES string of the molecule is Cc1ccc(C(Cc2ccc(F)cc2)C(=O)O)cc1F. The summed E-state index contributed by atoms with van der Waals surface area (Å²) in [7, 11) is 0. The van der Waals surface area contributed by atoms with Gasteiger partial charge in [0.1, 0.15) is 11.6 Å². The van der Waals surface area contributed by atoms with Crippen LogP contribution in [-0.4, -0.2) is 11.1 Å². The van der Waals surface area contributed by atoms with E-state index in [1.165, 1.54) is 30.3 Å². The van der Waals surface area contributed by atoms with Crippen molar-refractivity contribution in [2.24, 2.45) is 0 Å². The van der Waals surface area contributed by atoms with Crippen LogP contribution in [0.3, 0.4) is 0 Å². The van der Waals surface area contributed by atoms with Crippen LogP contribution in [0.15, 0.2) is 42.5 Å². The second-order valence-corrected chi connectivity index (χ2v) is 4.73. The first-order chi connectivity index (χ1) is 9.47. The molecule has 0 heterocycles. The van der Waals surface area contributed by atoms with E-state index >= 15 is 0 Å². The molecular formula is C16H14F2O2. The van der Waals surface area contributed by atoms with Gasteiger partial charge in [-0.3, -0.25) is 4.79 Å². The highest BCUT2D eigenvalue weighted by Crippen LogP contribution is 2.23. The average Bonchev–Trinajstić information content (AvgIpc) is 2.41. The Hall–Kier alpha value is -2.23. The Morgan fingerprint density at radius 3 is 2.35 bits per heavy atom. The molecule has 0 aliphatic rings. The number of halogens is 2.